The SMILES string of the molecule is CC(C)CNCc1cccc(F)c1N(C)c1ccccc1. The maximum Gasteiger partial charge on any atom is 0.147 e. The number of anilines is 2. The van der Waals surface area contributed by atoms with Crippen LogP contribution in [-0.4, -0.2) is 13.6 Å². The molecule has 0 spiro atoms. The van der Waals surface area contributed by atoms with Crippen LogP contribution in [-0.2, 0) is 6.54 Å². The van der Waals surface area contributed by atoms with Crippen molar-refractivity contribution in [1.82, 2.24) is 5.32 Å². The van der Waals surface area contributed by atoms with Crippen molar-refractivity contribution in [2.45, 2.75) is 20.4 Å². The van der Waals surface area contributed by atoms with E-state index < -0.39 is 0 Å². The van der Waals surface area contributed by atoms with Gasteiger partial charge >= 0.3 is 0 Å². The molecule has 2 nitrogen and oxygen atoms in total. The number of nitrogens with one attached hydrogen (secondary N) is 1. The Labute approximate surface area is 126 Å². The van der Waals surface area contributed by atoms with E-state index >= 15 is 0 Å². The van der Waals surface area contributed by atoms with Gasteiger partial charge in [-0.1, -0.05) is 44.2 Å². The first-order valence-corrected chi connectivity index (χ1v) is 7.36. The Morgan fingerprint density at radius 1 is 1.05 bits per heavy atom. The molecule has 0 aromatic heterocycles. The van der Waals surface area contributed by atoms with Gasteiger partial charge in [-0.05, 0) is 36.2 Å². The Bertz CT molecular complexity index is 567. The normalized spacial score (nSPS) is 10.9. The molecule has 112 valence electrons. The minimum Gasteiger partial charge on any atom is -0.342 e. The van der Waals surface area contributed by atoms with Crippen LogP contribution in [0.2, 0.25) is 0 Å². The summed E-state index contributed by atoms with van der Waals surface area (Å²) in [5.74, 6) is 0.388. The summed E-state index contributed by atoms with van der Waals surface area (Å²) in [4.78, 5) is 1.90. The molecule has 2 aromatic carbocycles. The molecule has 0 aliphatic heterocycles. The van der Waals surface area contributed by atoms with Gasteiger partial charge in [0.05, 0.1) is 5.69 Å². The molecule has 0 radical (unpaired) electrons. The second-order valence-electron chi connectivity index (χ2n) is 5.67. The molecule has 2 aromatic rings. The summed E-state index contributed by atoms with van der Waals surface area (Å²) in [5, 5.41) is 3.38. The van der Waals surface area contributed by atoms with Crippen LogP contribution in [0.1, 0.15) is 19.4 Å². The average molecular weight is 286 g/mol. The molecule has 0 unspecified atom stereocenters. The number of nitrogens with zero attached hydrogens (tertiary/aromatic N) is 1. The van der Waals surface area contributed by atoms with Crippen LogP contribution >= 0.6 is 0 Å². The van der Waals surface area contributed by atoms with Crippen LogP contribution < -0.4 is 10.2 Å². The first kappa shape index (κ1) is 15.5. The summed E-state index contributed by atoms with van der Waals surface area (Å²) in [6.07, 6.45) is 0. The monoisotopic (exact) mass is 286 g/mol. The number of benzene rings is 2. The lowest BCUT2D eigenvalue weighted by Gasteiger charge is -2.23. The first-order chi connectivity index (χ1) is 10.1. The molecule has 0 heterocycles. The number of hydrogen-bond donors (Lipinski definition) is 1. The molecular formula is C18H23FN2. The fourth-order valence-electron chi connectivity index (χ4n) is 2.35. The molecule has 1 N–H and O–H groups in total. The maximum absolute atomic E-state index is 14.3. The highest BCUT2D eigenvalue weighted by atomic mass is 19.1. The van der Waals surface area contributed by atoms with Gasteiger partial charge in [0.2, 0.25) is 0 Å². The third-order valence-electron chi connectivity index (χ3n) is 3.42. The fourth-order valence-corrected chi connectivity index (χ4v) is 2.35. The highest BCUT2D eigenvalue weighted by molar-refractivity contribution is 5.66. The van der Waals surface area contributed by atoms with E-state index in [0.717, 1.165) is 17.8 Å². The molecule has 2 rings (SSSR count). The molecule has 21 heavy (non-hydrogen) atoms. The van der Waals surface area contributed by atoms with Crippen LogP contribution in [0.4, 0.5) is 15.8 Å². The molecule has 0 aliphatic carbocycles. The van der Waals surface area contributed by atoms with Crippen LogP contribution in [0.25, 0.3) is 0 Å². The minimum atomic E-state index is -0.190. The zero-order valence-electron chi connectivity index (χ0n) is 12.9. The third kappa shape index (κ3) is 4.05. The molecular weight excluding hydrogens is 263 g/mol. The highest BCUT2D eigenvalue weighted by Crippen LogP contribution is 2.29. The summed E-state index contributed by atoms with van der Waals surface area (Å²) < 4.78 is 14.3. The van der Waals surface area contributed by atoms with E-state index in [1.165, 1.54) is 6.07 Å². The van der Waals surface area contributed by atoms with Crippen molar-refractivity contribution >= 4 is 11.4 Å². The van der Waals surface area contributed by atoms with Crippen molar-refractivity contribution in [3.8, 4) is 0 Å². The predicted molar refractivity (Wildman–Crippen MR) is 87.4 cm³/mol. The van der Waals surface area contributed by atoms with Gasteiger partial charge in [-0.15, -0.1) is 0 Å². The molecule has 0 amide bonds. The average Bonchev–Trinajstić information content (AvgIpc) is 2.47. The predicted octanol–water partition coefficient (Wildman–Crippen LogP) is 4.34. The van der Waals surface area contributed by atoms with E-state index in [1.807, 2.05) is 48.3 Å². The lowest BCUT2D eigenvalue weighted by atomic mass is 10.1. The second-order valence-corrected chi connectivity index (χ2v) is 5.67. The molecule has 0 saturated heterocycles. The molecule has 0 bridgehead atoms. The van der Waals surface area contributed by atoms with Gasteiger partial charge in [-0.25, -0.2) is 4.39 Å². The largest absolute Gasteiger partial charge is 0.342 e. The van der Waals surface area contributed by atoms with Gasteiger partial charge in [-0.2, -0.15) is 0 Å². The molecule has 0 atom stereocenters. The lowest BCUT2D eigenvalue weighted by Crippen LogP contribution is -2.21. The summed E-state index contributed by atoms with van der Waals surface area (Å²) in [6.45, 7) is 5.92. The van der Waals surface area contributed by atoms with E-state index in [-0.39, 0.29) is 5.82 Å². The quantitative estimate of drug-likeness (QED) is 0.850. The Morgan fingerprint density at radius 2 is 1.76 bits per heavy atom. The Morgan fingerprint density at radius 3 is 2.43 bits per heavy atom. The van der Waals surface area contributed by atoms with Gasteiger partial charge in [0.1, 0.15) is 5.82 Å². The van der Waals surface area contributed by atoms with Crippen molar-refractivity contribution in [2.24, 2.45) is 5.92 Å². The minimum absolute atomic E-state index is 0.190. The molecule has 0 aliphatic rings. The number of halogens is 1. The Balaban J connectivity index is 2.25. The number of rotatable bonds is 6. The summed E-state index contributed by atoms with van der Waals surface area (Å²) in [5.41, 5.74) is 2.59. The zero-order chi connectivity index (χ0) is 15.2. The van der Waals surface area contributed by atoms with E-state index in [2.05, 4.69) is 19.2 Å². The van der Waals surface area contributed by atoms with Gasteiger partial charge in [0, 0.05) is 19.3 Å². The smallest absolute Gasteiger partial charge is 0.147 e. The topological polar surface area (TPSA) is 15.3 Å². The van der Waals surface area contributed by atoms with Crippen LogP contribution in [0.3, 0.4) is 0 Å². The summed E-state index contributed by atoms with van der Waals surface area (Å²) in [7, 11) is 1.90. The van der Waals surface area contributed by atoms with Crippen molar-refractivity contribution in [3.63, 3.8) is 0 Å². The van der Waals surface area contributed by atoms with E-state index in [9.17, 15) is 4.39 Å². The zero-order valence-corrected chi connectivity index (χ0v) is 12.9. The first-order valence-electron chi connectivity index (χ1n) is 7.36. The van der Waals surface area contributed by atoms with Gasteiger partial charge in [0.15, 0.2) is 0 Å². The standard InChI is InChI=1S/C18H23FN2/c1-14(2)12-20-13-15-8-7-11-17(19)18(15)21(3)16-9-5-4-6-10-16/h4-11,14,20H,12-13H2,1-3H3. The van der Waals surface area contributed by atoms with E-state index in [0.29, 0.717) is 18.2 Å². The molecule has 3 heteroatoms. The van der Waals surface area contributed by atoms with Gasteiger partial charge < -0.3 is 10.2 Å². The van der Waals surface area contributed by atoms with Crippen molar-refractivity contribution in [2.75, 3.05) is 18.5 Å². The van der Waals surface area contributed by atoms with Crippen LogP contribution in [0.15, 0.2) is 48.5 Å². The Hall–Kier alpha value is -1.87. The number of para-hydroxylation sites is 2. The summed E-state index contributed by atoms with van der Waals surface area (Å²) >= 11 is 0. The maximum atomic E-state index is 14.3. The van der Waals surface area contributed by atoms with E-state index in [4.69, 9.17) is 0 Å². The lowest BCUT2D eigenvalue weighted by molar-refractivity contribution is 0.550. The van der Waals surface area contributed by atoms with E-state index in [1.54, 1.807) is 6.07 Å². The highest BCUT2D eigenvalue weighted by Gasteiger charge is 2.14. The van der Waals surface area contributed by atoms with Gasteiger partial charge in [0.25, 0.3) is 0 Å². The number of hydrogen-bond acceptors (Lipinski definition) is 2. The Kier molecular flexibility index (Phi) is 5.34. The van der Waals surface area contributed by atoms with Crippen LogP contribution in [0, 0.1) is 11.7 Å². The van der Waals surface area contributed by atoms with Gasteiger partial charge in [-0.3, -0.25) is 0 Å². The van der Waals surface area contributed by atoms with Crippen molar-refractivity contribution in [1.29, 1.82) is 0 Å². The third-order valence-corrected chi connectivity index (χ3v) is 3.42. The van der Waals surface area contributed by atoms with Crippen LogP contribution in [0.5, 0.6) is 0 Å². The van der Waals surface area contributed by atoms with Crippen molar-refractivity contribution < 1.29 is 4.39 Å². The second kappa shape index (κ2) is 7.23. The fraction of sp³-hybridized carbons (Fsp3) is 0.333. The molecule has 0 saturated carbocycles. The molecule has 0 fully saturated rings. The summed E-state index contributed by atoms with van der Waals surface area (Å²) in [6, 6.07) is 15.1. The van der Waals surface area contributed by atoms with Crippen molar-refractivity contribution in [3.05, 3.63) is 59.9 Å².